The molecule has 0 saturated heterocycles. The van der Waals surface area contributed by atoms with Crippen LogP contribution in [-0.2, 0) is 11.8 Å². The van der Waals surface area contributed by atoms with Gasteiger partial charge in [0.1, 0.15) is 0 Å². The molecule has 1 aromatic heterocycles. The van der Waals surface area contributed by atoms with Crippen LogP contribution in [0, 0.1) is 6.92 Å². The van der Waals surface area contributed by atoms with Gasteiger partial charge in [0.25, 0.3) is 5.91 Å². The highest BCUT2D eigenvalue weighted by Crippen LogP contribution is 2.20. The van der Waals surface area contributed by atoms with Gasteiger partial charge in [0, 0.05) is 27.1 Å². The number of aryl methyl sites for hydroxylation is 2. The van der Waals surface area contributed by atoms with E-state index in [-0.39, 0.29) is 11.8 Å². The highest BCUT2D eigenvalue weighted by molar-refractivity contribution is 5.93. The van der Waals surface area contributed by atoms with Crippen LogP contribution in [-0.4, -0.2) is 34.7 Å². The maximum absolute atomic E-state index is 12.2. The molecule has 0 saturated carbocycles. The lowest BCUT2D eigenvalue weighted by Crippen LogP contribution is -2.26. The summed E-state index contributed by atoms with van der Waals surface area (Å²) in [7, 11) is 1.83. The second kappa shape index (κ2) is 8.29. The van der Waals surface area contributed by atoms with Gasteiger partial charge < -0.3 is 10.6 Å². The third-order valence-corrected chi connectivity index (χ3v) is 3.72. The van der Waals surface area contributed by atoms with Gasteiger partial charge in [0.15, 0.2) is 5.69 Å². The Bertz CT molecular complexity index is 704. The van der Waals surface area contributed by atoms with Crippen LogP contribution in [0.1, 0.15) is 35.8 Å². The van der Waals surface area contributed by atoms with Crippen LogP contribution >= 0.6 is 0 Å². The minimum atomic E-state index is -0.177. The van der Waals surface area contributed by atoms with Crippen molar-refractivity contribution in [2.75, 3.05) is 13.1 Å². The molecule has 128 valence electrons. The van der Waals surface area contributed by atoms with E-state index in [0.29, 0.717) is 18.8 Å². The topological polar surface area (TPSA) is 76.0 Å². The molecule has 2 aromatic rings. The first-order valence-electron chi connectivity index (χ1n) is 8.11. The lowest BCUT2D eigenvalue weighted by Gasteiger charge is -2.03. The van der Waals surface area contributed by atoms with Crippen LogP contribution < -0.4 is 10.6 Å². The van der Waals surface area contributed by atoms with E-state index in [0.717, 1.165) is 24.1 Å². The number of aromatic nitrogens is 2. The third-order valence-electron chi connectivity index (χ3n) is 3.72. The fourth-order valence-corrected chi connectivity index (χ4v) is 2.38. The SMILES string of the molecule is CC(=O)NCCCCNC(=O)c1cc(-c2ccc(C)cc2)n(C)n1. The summed E-state index contributed by atoms with van der Waals surface area (Å²) < 4.78 is 1.72. The van der Waals surface area contributed by atoms with Crippen molar-refractivity contribution in [3.05, 3.63) is 41.6 Å². The standard InChI is InChI=1S/C18H24N4O2/c1-13-6-8-15(9-7-13)17-12-16(21-22(17)3)18(24)20-11-5-4-10-19-14(2)23/h6-9,12H,4-5,10-11H2,1-3H3,(H,19,23)(H,20,24). The molecule has 0 fully saturated rings. The number of rotatable bonds is 7. The van der Waals surface area contributed by atoms with Crippen LogP contribution in [0.4, 0.5) is 0 Å². The van der Waals surface area contributed by atoms with Crippen molar-refractivity contribution in [2.24, 2.45) is 7.05 Å². The van der Waals surface area contributed by atoms with E-state index >= 15 is 0 Å². The number of amides is 2. The molecule has 24 heavy (non-hydrogen) atoms. The summed E-state index contributed by atoms with van der Waals surface area (Å²) in [5, 5.41) is 9.89. The van der Waals surface area contributed by atoms with Gasteiger partial charge >= 0.3 is 0 Å². The van der Waals surface area contributed by atoms with E-state index in [1.807, 2.05) is 38.2 Å². The zero-order chi connectivity index (χ0) is 17.5. The molecule has 6 heteroatoms. The molecule has 0 aliphatic rings. The number of carbonyl (C=O) groups excluding carboxylic acids is 2. The predicted octanol–water partition coefficient (Wildman–Crippen LogP) is 2.04. The van der Waals surface area contributed by atoms with E-state index in [9.17, 15) is 9.59 Å². The lowest BCUT2D eigenvalue weighted by atomic mass is 10.1. The Morgan fingerprint density at radius 3 is 2.33 bits per heavy atom. The van der Waals surface area contributed by atoms with E-state index in [2.05, 4.69) is 15.7 Å². The third kappa shape index (κ3) is 4.94. The summed E-state index contributed by atoms with van der Waals surface area (Å²) in [4.78, 5) is 22.9. The number of carbonyl (C=O) groups is 2. The Morgan fingerprint density at radius 1 is 1.08 bits per heavy atom. The summed E-state index contributed by atoms with van der Waals surface area (Å²) in [5.41, 5.74) is 3.55. The maximum atomic E-state index is 12.2. The number of nitrogens with zero attached hydrogens (tertiary/aromatic N) is 2. The molecule has 0 spiro atoms. The summed E-state index contributed by atoms with van der Waals surface area (Å²) in [6, 6.07) is 9.93. The van der Waals surface area contributed by atoms with Gasteiger partial charge in [-0.25, -0.2) is 0 Å². The number of nitrogens with one attached hydrogen (secondary N) is 2. The van der Waals surface area contributed by atoms with Gasteiger partial charge in [-0.1, -0.05) is 29.8 Å². The largest absolute Gasteiger partial charge is 0.356 e. The van der Waals surface area contributed by atoms with Crippen LogP contribution in [0.3, 0.4) is 0 Å². The number of hydrogen-bond donors (Lipinski definition) is 2. The smallest absolute Gasteiger partial charge is 0.271 e. The Morgan fingerprint density at radius 2 is 1.71 bits per heavy atom. The fraction of sp³-hybridized carbons (Fsp3) is 0.389. The van der Waals surface area contributed by atoms with Crippen molar-refractivity contribution in [2.45, 2.75) is 26.7 Å². The van der Waals surface area contributed by atoms with Crippen molar-refractivity contribution in [1.82, 2.24) is 20.4 Å². The number of unbranched alkanes of at least 4 members (excludes halogenated alkanes) is 1. The Hall–Kier alpha value is -2.63. The molecule has 6 nitrogen and oxygen atoms in total. The van der Waals surface area contributed by atoms with Crippen LogP contribution in [0.5, 0.6) is 0 Å². The molecule has 2 N–H and O–H groups in total. The van der Waals surface area contributed by atoms with Crippen LogP contribution in [0.15, 0.2) is 30.3 Å². The van der Waals surface area contributed by atoms with Gasteiger partial charge in [0.2, 0.25) is 5.91 Å². The summed E-state index contributed by atoms with van der Waals surface area (Å²) in [6.07, 6.45) is 1.64. The Balaban J connectivity index is 1.88. The summed E-state index contributed by atoms with van der Waals surface area (Å²) >= 11 is 0. The van der Waals surface area contributed by atoms with Gasteiger partial charge in [-0.05, 0) is 31.4 Å². The monoisotopic (exact) mass is 328 g/mol. The lowest BCUT2D eigenvalue weighted by molar-refractivity contribution is -0.118. The molecule has 1 aromatic carbocycles. The van der Waals surface area contributed by atoms with E-state index < -0.39 is 0 Å². The van der Waals surface area contributed by atoms with Gasteiger partial charge in [-0.3, -0.25) is 14.3 Å². The molecule has 0 unspecified atom stereocenters. The highest BCUT2D eigenvalue weighted by Gasteiger charge is 2.13. The molecular formula is C18H24N4O2. The highest BCUT2D eigenvalue weighted by atomic mass is 16.2. The molecule has 2 rings (SSSR count). The molecular weight excluding hydrogens is 304 g/mol. The van der Waals surface area contributed by atoms with Crippen molar-refractivity contribution >= 4 is 11.8 Å². The van der Waals surface area contributed by atoms with Crippen molar-refractivity contribution in [3.63, 3.8) is 0 Å². The molecule has 1 heterocycles. The van der Waals surface area contributed by atoms with E-state index in [1.165, 1.54) is 12.5 Å². The van der Waals surface area contributed by atoms with Crippen LogP contribution in [0.25, 0.3) is 11.3 Å². The molecule has 0 aliphatic carbocycles. The van der Waals surface area contributed by atoms with E-state index in [1.54, 1.807) is 10.7 Å². The quantitative estimate of drug-likeness (QED) is 0.764. The number of hydrogen-bond acceptors (Lipinski definition) is 3. The fourth-order valence-electron chi connectivity index (χ4n) is 2.38. The summed E-state index contributed by atoms with van der Waals surface area (Å²) in [6.45, 7) is 4.73. The molecule has 0 bridgehead atoms. The van der Waals surface area contributed by atoms with Gasteiger partial charge in [0.05, 0.1) is 5.69 Å². The van der Waals surface area contributed by atoms with E-state index in [4.69, 9.17) is 0 Å². The van der Waals surface area contributed by atoms with Crippen molar-refractivity contribution in [3.8, 4) is 11.3 Å². The first-order chi connectivity index (χ1) is 11.5. The zero-order valence-corrected chi connectivity index (χ0v) is 14.4. The number of benzene rings is 1. The molecule has 0 radical (unpaired) electrons. The maximum Gasteiger partial charge on any atom is 0.271 e. The Kier molecular flexibility index (Phi) is 6.12. The average molecular weight is 328 g/mol. The zero-order valence-electron chi connectivity index (χ0n) is 14.4. The molecule has 0 aliphatic heterocycles. The Labute approximate surface area is 142 Å². The van der Waals surface area contributed by atoms with Crippen molar-refractivity contribution < 1.29 is 9.59 Å². The first-order valence-corrected chi connectivity index (χ1v) is 8.11. The minimum absolute atomic E-state index is 0.0313. The predicted molar refractivity (Wildman–Crippen MR) is 93.6 cm³/mol. The second-order valence-corrected chi connectivity index (χ2v) is 5.85. The molecule has 0 atom stereocenters. The van der Waals surface area contributed by atoms with Gasteiger partial charge in [-0.15, -0.1) is 0 Å². The second-order valence-electron chi connectivity index (χ2n) is 5.85. The minimum Gasteiger partial charge on any atom is -0.356 e. The summed E-state index contributed by atoms with van der Waals surface area (Å²) in [5.74, 6) is -0.209. The van der Waals surface area contributed by atoms with Crippen molar-refractivity contribution in [1.29, 1.82) is 0 Å². The van der Waals surface area contributed by atoms with Gasteiger partial charge in [-0.2, -0.15) is 5.10 Å². The van der Waals surface area contributed by atoms with Crippen LogP contribution in [0.2, 0.25) is 0 Å². The first kappa shape index (κ1) is 17.7. The molecule has 2 amide bonds. The average Bonchev–Trinajstić information content (AvgIpc) is 2.93. The normalized spacial score (nSPS) is 10.5.